The molecule has 0 unspecified atom stereocenters. The van der Waals surface area contributed by atoms with E-state index in [9.17, 15) is 19.2 Å². The minimum absolute atomic E-state index is 0.0163. The molecule has 1 aromatic heterocycles. The highest BCUT2D eigenvalue weighted by atomic mass is 79.9. The number of rotatable bonds is 10. The molecule has 6 rings (SSSR count). The lowest BCUT2D eigenvalue weighted by molar-refractivity contribution is -0.130. The lowest BCUT2D eigenvalue weighted by Gasteiger charge is -2.28. The maximum absolute atomic E-state index is 15.4. The normalized spacial score (nSPS) is 14.9. The topological polar surface area (TPSA) is 138 Å². The largest absolute Gasteiger partial charge is 0.490 e. The Morgan fingerprint density at radius 1 is 1.04 bits per heavy atom. The highest BCUT2D eigenvalue weighted by molar-refractivity contribution is 9.10. The molecule has 1 atom stereocenters. The number of nitrogens with one attached hydrogen (secondary N) is 1. The smallest absolute Gasteiger partial charge is 0.333 e. The molecular weight excluding hydrogens is 721 g/mol. The van der Waals surface area contributed by atoms with Crippen molar-refractivity contribution in [1.82, 2.24) is 19.4 Å². The van der Waals surface area contributed by atoms with E-state index in [1.807, 2.05) is 0 Å². The first kappa shape index (κ1) is 34.3. The van der Waals surface area contributed by atoms with Crippen LogP contribution >= 0.6 is 27.5 Å². The number of carbonyl (C=O) groups is 3. The molecule has 1 aliphatic heterocycles. The fourth-order valence-corrected chi connectivity index (χ4v) is 6.01. The third kappa shape index (κ3) is 7.09. The molecule has 0 spiro atoms. The minimum atomic E-state index is -1.37. The van der Waals surface area contributed by atoms with E-state index in [4.69, 9.17) is 26.8 Å². The van der Waals surface area contributed by atoms with Gasteiger partial charge in [0.05, 0.1) is 35.1 Å². The first-order valence-corrected chi connectivity index (χ1v) is 16.9. The molecule has 1 saturated carbocycles. The summed E-state index contributed by atoms with van der Waals surface area (Å²) in [4.78, 5) is 54.9. The summed E-state index contributed by atoms with van der Waals surface area (Å²) in [7, 11) is 0. The van der Waals surface area contributed by atoms with Crippen molar-refractivity contribution < 1.29 is 28.2 Å². The maximum atomic E-state index is 15.4. The molecule has 0 bridgehead atoms. The fourth-order valence-electron chi connectivity index (χ4n) is 5.58. The molecule has 4 aromatic rings. The van der Waals surface area contributed by atoms with Crippen LogP contribution < -0.4 is 26.2 Å². The number of nitrogens with two attached hydrogens (primary N) is 1. The molecule has 49 heavy (non-hydrogen) atoms. The molecule has 1 aliphatic carbocycles. The van der Waals surface area contributed by atoms with Gasteiger partial charge >= 0.3 is 5.69 Å². The zero-order chi connectivity index (χ0) is 35.2. The van der Waals surface area contributed by atoms with Gasteiger partial charge in [-0.2, -0.15) is 0 Å². The molecule has 11 nitrogen and oxygen atoms in total. The predicted octanol–water partition coefficient (Wildman–Crippen LogP) is 5.52. The third-order valence-electron chi connectivity index (χ3n) is 8.52. The quantitative estimate of drug-likeness (QED) is 0.219. The van der Waals surface area contributed by atoms with Crippen LogP contribution in [0.3, 0.4) is 0 Å². The lowest BCUT2D eigenvalue weighted by atomic mass is 10.1. The Kier molecular flexibility index (Phi) is 9.34. The van der Waals surface area contributed by atoms with Crippen LogP contribution in [0, 0.1) is 5.82 Å². The Balaban J connectivity index is 1.33. The van der Waals surface area contributed by atoms with E-state index in [1.54, 1.807) is 54.3 Å². The lowest BCUT2D eigenvalue weighted by Crippen LogP contribution is -2.43. The molecule has 0 saturated heterocycles. The second kappa shape index (κ2) is 13.4. The summed E-state index contributed by atoms with van der Waals surface area (Å²) >= 11 is 9.60. The standard InChI is InChI=1S/C35H34BrClFN5O6/c1-19(25-12-11-24(17-28(25)38)49-35(2,3)33(39)46)40-31(44)30-29-18-41(32(45)20-4-13-26(36)27(37)16-20)14-15-42(29)34(47)43(30)21-5-7-22(8-6-21)48-23-9-10-23/h4-8,11-13,16-17,19,23H,9-10,14-15,18H2,1-3H3,(H2,39,46)(H,40,44)/t19-/m1/s1. The minimum Gasteiger partial charge on any atom is -0.490 e. The number of hydrogen-bond donors (Lipinski definition) is 2. The van der Waals surface area contributed by atoms with Gasteiger partial charge in [0, 0.05) is 34.8 Å². The van der Waals surface area contributed by atoms with Crippen molar-refractivity contribution in [2.75, 3.05) is 6.54 Å². The van der Waals surface area contributed by atoms with Gasteiger partial charge in [-0.15, -0.1) is 0 Å². The van der Waals surface area contributed by atoms with Gasteiger partial charge in [-0.1, -0.05) is 17.7 Å². The van der Waals surface area contributed by atoms with Crippen molar-refractivity contribution in [3.8, 4) is 17.2 Å². The average Bonchev–Trinajstić information content (AvgIpc) is 3.83. The van der Waals surface area contributed by atoms with Crippen molar-refractivity contribution in [2.24, 2.45) is 5.73 Å². The van der Waals surface area contributed by atoms with Gasteiger partial charge in [-0.3, -0.25) is 23.5 Å². The van der Waals surface area contributed by atoms with Gasteiger partial charge in [0.2, 0.25) is 0 Å². The molecule has 256 valence electrons. The fraction of sp³-hybridized carbons (Fsp3) is 0.314. The van der Waals surface area contributed by atoms with Gasteiger partial charge in [-0.25, -0.2) is 9.18 Å². The molecular formula is C35H34BrClFN5O6. The van der Waals surface area contributed by atoms with Crippen LogP contribution in [-0.2, 0) is 17.9 Å². The van der Waals surface area contributed by atoms with E-state index >= 15 is 4.39 Å². The first-order valence-electron chi connectivity index (χ1n) is 15.7. The van der Waals surface area contributed by atoms with Crippen LogP contribution in [0.4, 0.5) is 4.39 Å². The summed E-state index contributed by atoms with van der Waals surface area (Å²) in [6.07, 6.45) is 2.15. The number of amides is 3. The van der Waals surface area contributed by atoms with Crippen LogP contribution in [0.25, 0.3) is 5.69 Å². The Hall–Kier alpha value is -4.62. The van der Waals surface area contributed by atoms with Crippen molar-refractivity contribution in [1.29, 1.82) is 0 Å². The van der Waals surface area contributed by atoms with Crippen LogP contribution in [0.1, 0.15) is 71.8 Å². The van der Waals surface area contributed by atoms with Crippen LogP contribution in [-0.4, -0.2) is 50.0 Å². The predicted molar refractivity (Wildman–Crippen MR) is 184 cm³/mol. The molecule has 1 fully saturated rings. The maximum Gasteiger partial charge on any atom is 0.333 e. The second-order valence-electron chi connectivity index (χ2n) is 12.6. The van der Waals surface area contributed by atoms with E-state index < -0.39 is 35.0 Å². The van der Waals surface area contributed by atoms with Crippen LogP contribution in [0.2, 0.25) is 5.02 Å². The number of imidazole rings is 1. The third-order valence-corrected chi connectivity index (χ3v) is 9.75. The SMILES string of the molecule is C[C@@H](NC(=O)c1c2n(c(=O)n1-c1ccc(OC3CC3)cc1)CCN(C(=O)c1ccc(Br)c(Cl)c1)C2)c1ccc(OC(C)(C)C(N)=O)cc1F. The van der Waals surface area contributed by atoms with E-state index in [2.05, 4.69) is 21.2 Å². The van der Waals surface area contributed by atoms with Crippen molar-refractivity contribution >= 4 is 45.3 Å². The monoisotopic (exact) mass is 753 g/mol. The molecule has 3 aromatic carbocycles. The van der Waals surface area contributed by atoms with Gasteiger partial charge in [0.25, 0.3) is 17.7 Å². The van der Waals surface area contributed by atoms with Gasteiger partial charge in [0.15, 0.2) is 5.60 Å². The zero-order valence-electron chi connectivity index (χ0n) is 27.0. The molecule has 3 N–H and O–H groups in total. The Labute approximate surface area is 294 Å². The van der Waals surface area contributed by atoms with Crippen molar-refractivity contribution in [3.05, 3.63) is 109 Å². The summed E-state index contributed by atoms with van der Waals surface area (Å²) in [5.74, 6) is -1.62. The Morgan fingerprint density at radius 3 is 2.37 bits per heavy atom. The Morgan fingerprint density at radius 2 is 1.73 bits per heavy atom. The van der Waals surface area contributed by atoms with Crippen LogP contribution in [0.5, 0.6) is 11.5 Å². The van der Waals surface area contributed by atoms with E-state index in [0.717, 1.165) is 18.9 Å². The number of ether oxygens (including phenoxy) is 2. The molecule has 3 amide bonds. The number of aromatic nitrogens is 2. The molecule has 2 aliphatic rings. The summed E-state index contributed by atoms with van der Waals surface area (Å²) in [5, 5.41) is 3.20. The van der Waals surface area contributed by atoms with Gasteiger partial charge in [0.1, 0.15) is 23.0 Å². The van der Waals surface area contributed by atoms with Crippen molar-refractivity contribution in [2.45, 2.75) is 64.4 Å². The summed E-state index contributed by atoms with van der Waals surface area (Å²) < 4.78 is 30.2. The first-order chi connectivity index (χ1) is 23.2. The number of primary amides is 1. The molecule has 0 radical (unpaired) electrons. The Bertz CT molecular complexity index is 2020. The number of benzene rings is 3. The van der Waals surface area contributed by atoms with Crippen LogP contribution in [0.15, 0.2) is 69.9 Å². The number of carbonyl (C=O) groups excluding carboxylic acids is 3. The summed E-state index contributed by atoms with van der Waals surface area (Å²) in [6.45, 7) is 4.88. The average molecular weight is 755 g/mol. The zero-order valence-corrected chi connectivity index (χ0v) is 29.3. The highest BCUT2D eigenvalue weighted by Crippen LogP contribution is 2.30. The number of fused-ring (bicyclic) bond motifs is 1. The van der Waals surface area contributed by atoms with Gasteiger partial charge < -0.3 is 25.4 Å². The van der Waals surface area contributed by atoms with E-state index in [0.29, 0.717) is 32.2 Å². The number of hydrogen-bond acceptors (Lipinski definition) is 6. The number of nitrogens with zero attached hydrogens (tertiary/aromatic N) is 3. The van der Waals surface area contributed by atoms with Crippen molar-refractivity contribution in [3.63, 3.8) is 0 Å². The van der Waals surface area contributed by atoms with E-state index in [-0.39, 0.29) is 48.7 Å². The highest BCUT2D eigenvalue weighted by Gasteiger charge is 2.33. The second-order valence-corrected chi connectivity index (χ2v) is 13.8. The van der Waals surface area contributed by atoms with E-state index in [1.165, 1.54) is 35.1 Å². The molecule has 2 heterocycles. The summed E-state index contributed by atoms with van der Waals surface area (Å²) in [6, 6.07) is 14.9. The number of halogens is 3. The van der Waals surface area contributed by atoms with Gasteiger partial charge in [-0.05, 0) is 98.1 Å². The summed E-state index contributed by atoms with van der Waals surface area (Å²) in [5.41, 5.74) is 4.83. The molecule has 14 heteroatoms.